The van der Waals surface area contributed by atoms with Gasteiger partial charge in [0.25, 0.3) is 0 Å². The van der Waals surface area contributed by atoms with Gasteiger partial charge in [0.05, 0.1) is 0 Å². The lowest BCUT2D eigenvalue weighted by Gasteiger charge is -2.29. The summed E-state index contributed by atoms with van der Waals surface area (Å²) < 4.78 is 5.57. The molecule has 23 heavy (non-hydrogen) atoms. The molecule has 1 amide bonds. The van der Waals surface area contributed by atoms with Crippen molar-refractivity contribution in [1.29, 1.82) is 0 Å². The molecule has 0 saturated heterocycles. The number of benzene rings is 1. The molecule has 0 spiro atoms. The van der Waals surface area contributed by atoms with Gasteiger partial charge in [0.2, 0.25) is 0 Å². The summed E-state index contributed by atoms with van der Waals surface area (Å²) in [6.45, 7) is 6.10. The van der Waals surface area contributed by atoms with E-state index < -0.39 is 5.60 Å². The van der Waals surface area contributed by atoms with Crippen molar-refractivity contribution in [3.8, 4) is 0 Å². The molecule has 0 radical (unpaired) electrons. The van der Waals surface area contributed by atoms with Crippen molar-refractivity contribution in [3.05, 3.63) is 35.9 Å². The smallest absolute Gasteiger partial charge is 0.410 e. The van der Waals surface area contributed by atoms with E-state index in [0.717, 1.165) is 25.5 Å². The second-order valence-electron chi connectivity index (χ2n) is 7.91. The van der Waals surface area contributed by atoms with Crippen LogP contribution in [0.3, 0.4) is 0 Å². The van der Waals surface area contributed by atoms with Gasteiger partial charge in [-0.05, 0) is 45.6 Å². The SMILES string of the molecule is CC(C)(C)OC(=O)N(CC1(C=O)CC1)[C@H]1C[C@@H]1c1ccccc1. The van der Waals surface area contributed by atoms with Gasteiger partial charge in [-0.3, -0.25) is 0 Å². The first kappa shape index (κ1) is 16.0. The van der Waals surface area contributed by atoms with Crippen molar-refractivity contribution in [1.82, 2.24) is 4.90 Å². The molecule has 2 fully saturated rings. The highest BCUT2D eigenvalue weighted by atomic mass is 16.6. The van der Waals surface area contributed by atoms with Crippen LogP contribution in [0, 0.1) is 5.41 Å². The van der Waals surface area contributed by atoms with Crippen LogP contribution in [0.4, 0.5) is 4.79 Å². The van der Waals surface area contributed by atoms with Gasteiger partial charge in [-0.1, -0.05) is 30.3 Å². The van der Waals surface area contributed by atoms with Gasteiger partial charge in [0.1, 0.15) is 11.9 Å². The number of carbonyl (C=O) groups excluding carboxylic acids is 2. The van der Waals surface area contributed by atoms with Gasteiger partial charge in [-0.25, -0.2) is 4.79 Å². The molecule has 0 bridgehead atoms. The molecule has 1 aromatic carbocycles. The van der Waals surface area contributed by atoms with Crippen molar-refractivity contribution < 1.29 is 14.3 Å². The van der Waals surface area contributed by atoms with Crippen molar-refractivity contribution in [2.75, 3.05) is 6.54 Å². The number of hydrogen-bond donors (Lipinski definition) is 0. The maximum Gasteiger partial charge on any atom is 0.410 e. The molecule has 0 N–H and O–H groups in total. The fourth-order valence-corrected chi connectivity index (χ4v) is 3.04. The van der Waals surface area contributed by atoms with Crippen LogP contribution >= 0.6 is 0 Å². The first-order chi connectivity index (χ1) is 10.8. The second kappa shape index (κ2) is 5.66. The fraction of sp³-hybridized carbons (Fsp3) is 0.579. The molecule has 2 saturated carbocycles. The van der Waals surface area contributed by atoms with Crippen LogP contribution in [-0.2, 0) is 9.53 Å². The van der Waals surface area contributed by atoms with Crippen molar-refractivity contribution in [3.63, 3.8) is 0 Å². The maximum atomic E-state index is 12.6. The molecule has 4 nitrogen and oxygen atoms in total. The van der Waals surface area contributed by atoms with E-state index in [2.05, 4.69) is 12.1 Å². The third-order valence-corrected chi connectivity index (χ3v) is 4.64. The van der Waals surface area contributed by atoms with Crippen molar-refractivity contribution >= 4 is 12.4 Å². The Morgan fingerprint density at radius 2 is 1.96 bits per heavy atom. The lowest BCUT2D eigenvalue weighted by molar-refractivity contribution is -0.112. The van der Waals surface area contributed by atoms with Crippen molar-refractivity contribution in [2.45, 2.75) is 57.6 Å². The van der Waals surface area contributed by atoms with Crippen LogP contribution in [0.15, 0.2) is 30.3 Å². The highest BCUT2D eigenvalue weighted by molar-refractivity contribution is 5.72. The Hall–Kier alpha value is -1.84. The molecule has 124 valence electrons. The summed E-state index contributed by atoms with van der Waals surface area (Å²) in [6.07, 6.45) is 3.41. The zero-order valence-electron chi connectivity index (χ0n) is 14.1. The average molecular weight is 315 g/mol. The standard InChI is InChI=1S/C19H25NO3/c1-18(2,3)23-17(22)20(12-19(13-21)9-10-19)16-11-15(16)14-7-5-4-6-8-14/h4-8,13,15-16H,9-12H2,1-3H3/t15-,16+/m1/s1. The van der Waals surface area contributed by atoms with Gasteiger partial charge in [0, 0.05) is 23.9 Å². The number of aldehydes is 1. The highest BCUT2D eigenvalue weighted by Crippen LogP contribution is 2.50. The van der Waals surface area contributed by atoms with E-state index in [0.29, 0.717) is 12.5 Å². The Morgan fingerprint density at radius 1 is 1.30 bits per heavy atom. The Bertz CT molecular complexity index is 586. The van der Waals surface area contributed by atoms with Crippen molar-refractivity contribution in [2.24, 2.45) is 5.41 Å². The summed E-state index contributed by atoms with van der Waals surface area (Å²) in [7, 11) is 0. The molecule has 0 aromatic heterocycles. The molecular weight excluding hydrogens is 290 g/mol. The minimum Gasteiger partial charge on any atom is -0.444 e. The Kier molecular flexibility index (Phi) is 3.95. The predicted octanol–water partition coefficient (Wildman–Crippen LogP) is 3.76. The first-order valence-electron chi connectivity index (χ1n) is 8.34. The average Bonchev–Trinajstić information content (AvgIpc) is 3.39. The largest absolute Gasteiger partial charge is 0.444 e. The van der Waals surface area contributed by atoms with E-state index >= 15 is 0 Å². The maximum absolute atomic E-state index is 12.6. The van der Waals surface area contributed by atoms with Gasteiger partial charge >= 0.3 is 6.09 Å². The Morgan fingerprint density at radius 3 is 2.48 bits per heavy atom. The van der Waals surface area contributed by atoms with E-state index in [1.165, 1.54) is 5.56 Å². The van der Waals surface area contributed by atoms with Crippen LogP contribution in [0.1, 0.15) is 51.5 Å². The summed E-state index contributed by atoms with van der Waals surface area (Å²) in [5, 5.41) is 0. The molecular formula is C19H25NO3. The fourth-order valence-electron chi connectivity index (χ4n) is 3.04. The van der Waals surface area contributed by atoms with E-state index in [9.17, 15) is 9.59 Å². The van der Waals surface area contributed by atoms with E-state index in [1.54, 1.807) is 4.90 Å². The molecule has 3 rings (SSSR count). The zero-order chi connectivity index (χ0) is 16.7. The summed E-state index contributed by atoms with van der Waals surface area (Å²) in [5.74, 6) is 0.353. The molecule has 0 unspecified atom stereocenters. The summed E-state index contributed by atoms with van der Waals surface area (Å²) >= 11 is 0. The van der Waals surface area contributed by atoms with Crippen LogP contribution in [0.25, 0.3) is 0 Å². The number of ether oxygens (including phenoxy) is 1. The topological polar surface area (TPSA) is 46.6 Å². The highest BCUT2D eigenvalue weighted by Gasteiger charge is 2.52. The first-order valence-corrected chi connectivity index (χ1v) is 8.34. The van der Waals surface area contributed by atoms with E-state index in [4.69, 9.17) is 4.74 Å². The monoisotopic (exact) mass is 315 g/mol. The van der Waals surface area contributed by atoms with Crippen LogP contribution in [0.2, 0.25) is 0 Å². The normalized spacial score (nSPS) is 24.7. The van der Waals surface area contributed by atoms with Crippen LogP contribution in [-0.4, -0.2) is 35.5 Å². The quantitative estimate of drug-likeness (QED) is 0.777. The number of amides is 1. The van der Waals surface area contributed by atoms with Crippen LogP contribution < -0.4 is 0 Å². The summed E-state index contributed by atoms with van der Waals surface area (Å²) in [6, 6.07) is 10.4. The number of nitrogens with zero attached hydrogens (tertiary/aromatic N) is 1. The Labute approximate surface area is 137 Å². The van der Waals surface area contributed by atoms with E-state index in [1.807, 2.05) is 39.0 Å². The summed E-state index contributed by atoms with van der Waals surface area (Å²) in [5.41, 5.74) is 0.396. The van der Waals surface area contributed by atoms with E-state index in [-0.39, 0.29) is 17.6 Å². The lowest BCUT2D eigenvalue weighted by Crippen LogP contribution is -2.42. The number of rotatable bonds is 5. The minimum atomic E-state index is -0.523. The minimum absolute atomic E-state index is 0.143. The van der Waals surface area contributed by atoms with Gasteiger partial charge < -0.3 is 14.4 Å². The van der Waals surface area contributed by atoms with Gasteiger partial charge in [-0.2, -0.15) is 0 Å². The third-order valence-electron chi connectivity index (χ3n) is 4.64. The molecule has 2 aliphatic rings. The predicted molar refractivity (Wildman–Crippen MR) is 88.3 cm³/mol. The molecule has 2 aliphatic carbocycles. The molecule has 1 aromatic rings. The zero-order valence-corrected chi connectivity index (χ0v) is 14.1. The van der Waals surface area contributed by atoms with Gasteiger partial charge in [-0.15, -0.1) is 0 Å². The Balaban J connectivity index is 1.74. The second-order valence-corrected chi connectivity index (χ2v) is 7.91. The lowest BCUT2D eigenvalue weighted by atomic mass is 10.1. The van der Waals surface area contributed by atoms with Crippen LogP contribution in [0.5, 0.6) is 0 Å². The molecule has 2 atom stereocenters. The van der Waals surface area contributed by atoms with Gasteiger partial charge in [0.15, 0.2) is 0 Å². The summed E-state index contributed by atoms with van der Waals surface area (Å²) in [4.78, 5) is 25.8. The molecule has 0 aliphatic heterocycles. The number of carbonyl (C=O) groups is 2. The number of hydrogen-bond acceptors (Lipinski definition) is 3. The third kappa shape index (κ3) is 3.74. The molecule has 4 heteroatoms. The molecule has 0 heterocycles.